The van der Waals surface area contributed by atoms with Crippen molar-refractivity contribution in [3.8, 4) is 0 Å². The zero-order chi connectivity index (χ0) is 13.1. The van der Waals surface area contributed by atoms with Crippen LogP contribution in [0.4, 0.5) is 0 Å². The van der Waals surface area contributed by atoms with Crippen LogP contribution in [0.25, 0.3) is 0 Å². The molecule has 0 rings (SSSR count). The minimum atomic E-state index is -0.684. The number of carbonyl (C=O) groups is 2. The van der Waals surface area contributed by atoms with E-state index in [1.54, 1.807) is 13.8 Å². The van der Waals surface area contributed by atoms with E-state index in [9.17, 15) is 14.7 Å². The van der Waals surface area contributed by atoms with Gasteiger partial charge in [-0.15, -0.1) is 0 Å². The fourth-order valence-electron chi connectivity index (χ4n) is 1.40. The second-order valence-corrected chi connectivity index (χ2v) is 3.71. The molecule has 0 spiro atoms. The van der Waals surface area contributed by atoms with Crippen molar-refractivity contribution in [3.63, 3.8) is 0 Å². The van der Waals surface area contributed by atoms with Crippen LogP contribution < -0.4 is 0 Å². The third-order valence-corrected chi connectivity index (χ3v) is 2.18. The predicted molar refractivity (Wildman–Crippen MR) is 62.4 cm³/mol. The van der Waals surface area contributed by atoms with Crippen LogP contribution in [0.1, 0.15) is 46.0 Å². The van der Waals surface area contributed by atoms with Crippen LogP contribution in [0.2, 0.25) is 0 Å². The molecule has 0 aromatic carbocycles. The third-order valence-electron chi connectivity index (χ3n) is 2.18. The van der Waals surface area contributed by atoms with Gasteiger partial charge in [0.05, 0.1) is 25.7 Å². The maximum absolute atomic E-state index is 11.0. The summed E-state index contributed by atoms with van der Waals surface area (Å²) < 4.78 is 9.49. The molecule has 1 N–H and O–H groups in total. The van der Waals surface area contributed by atoms with Gasteiger partial charge in [-0.25, -0.2) is 0 Å². The van der Waals surface area contributed by atoms with Gasteiger partial charge in [0.1, 0.15) is 0 Å². The van der Waals surface area contributed by atoms with Crippen molar-refractivity contribution in [2.75, 3.05) is 13.2 Å². The molecular formula is C12H22O5. The van der Waals surface area contributed by atoms with Gasteiger partial charge in [-0.2, -0.15) is 0 Å². The topological polar surface area (TPSA) is 72.8 Å². The summed E-state index contributed by atoms with van der Waals surface area (Å²) in [4.78, 5) is 22.0. The molecule has 0 saturated heterocycles. The number of aliphatic hydroxyl groups is 1. The Morgan fingerprint density at radius 3 is 2.24 bits per heavy atom. The average molecular weight is 246 g/mol. The Balaban J connectivity index is 3.47. The van der Waals surface area contributed by atoms with Crippen LogP contribution in [0.15, 0.2) is 0 Å². The van der Waals surface area contributed by atoms with Gasteiger partial charge < -0.3 is 14.6 Å². The number of rotatable bonds is 9. The Hall–Kier alpha value is -1.10. The molecule has 0 radical (unpaired) electrons. The SMILES string of the molecule is CCOC(=O)CCCCC(O)CC(=O)OCC. The molecule has 0 aliphatic carbocycles. The van der Waals surface area contributed by atoms with Crippen molar-refractivity contribution in [2.45, 2.75) is 52.1 Å². The van der Waals surface area contributed by atoms with Crippen molar-refractivity contribution >= 4 is 11.9 Å². The standard InChI is InChI=1S/C12H22O5/c1-3-16-11(14)8-6-5-7-10(13)9-12(15)17-4-2/h10,13H,3-9H2,1-2H3. The van der Waals surface area contributed by atoms with Crippen molar-refractivity contribution in [1.29, 1.82) is 0 Å². The lowest BCUT2D eigenvalue weighted by Crippen LogP contribution is -2.15. The zero-order valence-electron chi connectivity index (χ0n) is 10.6. The minimum absolute atomic E-state index is 0.0211. The molecule has 0 aromatic rings. The van der Waals surface area contributed by atoms with Gasteiger partial charge in [-0.05, 0) is 26.7 Å². The second kappa shape index (κ2) is 10.1. The molecule has 0 aromatic heterocycles. The average Bonchev–Trinajstić information content (AvgIpc) is 2.25. The summed E-state index contributed by atoms with van der Waals surface area (Å²) in [5.41, 5.74) is 0. The van der Waals surface area contributed by atoms with Crippen LogP contribution in [0.5, 0.6) is 0 Å². The normalized spacial score (nSPS) is 11.9. The molecule has 1 unspecified atom stereocenters. The molecule has 0 aliphatic heterocycles. The van der Waals surface area contributed by atoms with Gasteiger partial charge in [0.25, 0.3) is 0 Å². The van der Waals surface area contributed by atoms with Crippen LogP contribution in [0, 0.1) is 0 Å². The van der Waals surface area contributed by atoms with Crippen molar-refractivity contribution in [3.05, 3.63) is 0 Å². The number of esters is 2. The summed E-state index contributed by atoms with van der Waals surface area (Å²) in [6, 6.07) is 0. The summed E-state index contributed by atoms with van der Waals surface area (Å²) >= 11 is 0. The first-order chi connectivity index (χ1) is 8.10. The summed E-state index contributed by atoms with van der Waals surface area (Å²) in [5, 5.41) is 9.50. The molecule has 5 heteroatoms. The summed E-state index contributed by atoms with van der Waals surface area (Å²) in [6.07, 6.45) is 1.56. The Kier molecular flexibility index (Phi) is 9.43. The maximum atomic E-state index is 11.0. The molecule has 0 heterocycles. The number of hydrogen-bond donors (Lipinski definition) is 1. The number of ether oxygens (including phenoxy) is 2. The molecule has 0 saturated carbocycles. The van der Waals surface area contributed by atoms with Gasteiger partial charge in [0.2, 0.25) is 0 Å². The zero-order valence-corrected chi connectivity index (χ0v) is 10.6. The van der Waals surface area contributed by atoms with E-state index in [4.69, 9.17) is 9.47 Å². The monoisotopic (exact) mass is 246 g/mol. The van der Waals surface area contributed by atoms with E-state index < -0.39 is 6.10 Å². The molecule has 0 amide bonds. The lowest BCUT2D eigenvalue weighted by Gasteiger charge is -2.09. The molecule has 0 bridgehead atoms. The second-order valence-electron chi connectivity index (χ2n) is 3.71. The van der Waals surface area contributed by atoms with Crippen LogP contribution in [-0.4, -0.2) is 36.4 Å². The highest BCUT2D eigenvalue weighted by molar-refractivity contribution is 5.70. The summed E-state index contributed by atoms with van der Waals surface area (Å²) in [7, 11) is 0. The summed E-state index contributed by atoms with van der Waals surface area (Å²) in [5.74, 6) is -0.599. The first-order valence-corrected chi connectivity index (χ1v) is 6.09. The molecular weight excluding hydrogens is 224 g/mol. The van der Waals surface area contributed by atoms with Crippen LogP contribution in [0.3, 0.4) is 0 Å². The fraction of sp³-hybridized carbons (Fsp3) is 0.833. The quantitative estimate of drug-likeness (QED) is 0.492. The van der Waals surface area contributed by atoms with E-state index in [1.165, 1.54) is 0 Å². The molecule has 100 valence electrons. The van der Waals surface area contributed by atoms with E-state index in [1.807, 2.05) is 0 Å². The van der Waals surface area contributed by atoms with Gasteiger partial charge in [0.15, 0.2) is 0 Å². The van der Waals surface area contributed by atoms with Gasteiger partial charge >= 0.3 is 11.9 Å². The molecule has 1 atom stereocenters. The Labute approximate surface area is 102 Å². The lowest BCUT2D eigenvalue weighted by atomic mass is 10.1. The molecule has 17 heavy (non-hydrogen) atoms. The number of aliphatic hydroxyl groups excluding tert-OH is 1. The smallest absolute Gasteiger partial charge is 0.308 e. The van der Waals surface area contributed by atoms with E-state index in [2.05, 4.69) is 0 Å². The van der Waals surface area contributed by atoms with Gasteiger partial charge in [-0.3, -0.25) is 9.59 Å². The van der Waals surface area contributed by atoms with Crippen molar-refractivity contribution in [1.82, 2.24) is 0 Å². The third kappa shape index (κ3) is 9.81. The van der Waals surface area contributed by atoms with E-state index >= 15 is 0 Å². The number of hydrogen-bond acceptors (Lipinski definition) is 5. The molecule has 0 fully saturated rings. The fourth-order valence-corrected chi connectivity index (χ4v) is 1.40. The first-order valence-electron chi connectivity index (χ1n) is 6.09. The molecule has 0 aliphatic rings. The Morgan fingerprint density at radius 2 is 1.65 bits per heavy atom. The Bertz CT molecular complexity index is 227. The van der Waals surface area contributed by atoms with E-state index in [-0.39, 0.29) is 18.4 Å². The summed E-state index contributed by atoms with van der Waals surface area (Å²) in [6.45, 7) is 4.21. The highest BCUT2D eigenvalue weighted by atomic mass is 16.5. The largest absolute Gasteiger partial charge is 0.466 e. The first kappa shape index (κ1) is 15.9. The van der Waals surface area contributed by atoms with E-state index in [0.717, 1.165) is 0 Å². The van der Waals surface area contributed by atoms with Crippen LogP contribution >= 0.6 is 0 Å². The predicted octanol–water partition coefficient (Wildman–Crippen LogP) is 1.42. The maximum Gasteiger partial charge on any atom is 0.308 e. The van der Waals surface area contributed by atoms with Crippen LogP contribution in [-0.2, 0) is 19.1 Å². The minimum Gasteiger partial charge on any atom is -0.466 e. The van der Waals surface area contributed by atoms with Crippen molar-refractivity contribution < 1.29 is 24.2 Å². The lowest BCUT2D eigenvalue weighted by molar-refractivity contribution is -0.146. The Morgan fingerprint density at radius 1 is 1.06 bits per heavy atom. The van der Waals surface area contributed by atoms with E-state index in [0.29, 0.717) is 38.9 Å². The van der Waals surface area contributed by atoms with Gasteiger partial charge in [-0.1, -0.05) is 6.42 Å². The highest BCUT2D eigenvalue weighted by Gasteiger charge is 2.11. The number of unbranched alkanes of at least 4 members (excludes halogenated alkanes) is 1. The van der Waals surface area contributed by atoms with Gasteiger partial charge in [0, 0.05) is 6.42 Å². The highest BCUT2D eigenvalue weighted by Crippen LogP contribution is 2.08. The van der Waals surface area contributed by atoms with Crippen molar-refractivity contribution in [2.24, 2.45) is 0 Å². The number of carbonyl (C=O) groups excluding carboxylic acids is 2. The molecule has 5 nitrogen and oxygen atoms in total.